The lowest BCUT2D eigenvalue weighted by molar-refractivity contribution is -0.126. The van der Waals surface area contributed by atoms with Crippen LogP contribution >= 0.6 is 22.9 Å². The largest absolute Gasteiger partial charge is 0.487 e. The summed E-state index contributed by atoms with van der Waals surface area (Å²) in [6, 6.07) is 9.42. The number of pyridine rings is 1. The molecule has 0 spiro atoms. The third-order valence-electron chi connectivity index (χ3n) is 6.99. The minimum Gasteiger partial charge on any atom is -0.487 e. The third kappa shape index (κ3) is 6.10. The highest BCUT2D eigenvalue weighted by Crippen LogP contribution is 2.38. The van der Waals surface area contributed by atoms with Crippen molar-refractivity contribution in [2.75, 3.05) is 44.7 Å². The summed E-state index contributed by atoms with van der Waals surface area (Å²) in [6.45, 7) is 5.70. The molecule has 1 aromatic carbocycles. The molecule has 1 fully saturated rings. The second kappa shape index (κ2) is 12.3. The molecule has 0 saturated carbocycles. The van der Waals surface area contributed by atoms with Crippen LogP contribution in [0.4, 0.5) is 11.5 Å². The van der Waals surface area contributed by atoms with Gasteiger partial charge in [-0.1, -0.05) is 23.7 Å². The molecule has 0 unspecified atom stereocenters. The number of nitrogens with one attached hydrogen (secondary N) is 1. The fourth-order valence-corrected chi connectivity index (χ4v) is 6.32. The molecular formula is C29H29ClN6O3S. The molecule has 1 amide bonds. The van der Waals surface area contributed by atoms with Crippen molar-refractivity contribution in [2.24, 2.45) is 0 Å². The minimum absolute atomic E-state index is 0.0428. The van der Waals surface area contributed by atoms with Crippen molar-refractivity contribution in [3.05, 3.63) is 82.2 Å². The molecule has 1 N–H and O–H groups in total. The van der Waals surface area contributed by atoms with E-state index in [-0.39, 0.29) is 5.91 Å². The summed E-state index contributed by atoms with van der Waals surface area (Å²) < 4.78 is 11.3. The number of carbonyl (C=O) groups is 1. The van der Waals surface area contributed by atoms with Crippen LogP contribution in [0.2, 0.25) is 5.02 Å². The van der Waals surface area contributed by atoms with Crippen LogP contribution in [0.5, 0.6) is 5.75 Å². The van der Waals surface area contributed by atoms with E-state index in [2.05, 4.69) is 25.2 Å². The Morgan fingerprint density at radius 2 is 2.10 bits per heavy atom. The van der Waals surface area contributed by atoms with Crippen LogP contribution in [0, 0.1) is 0 Å². The summed E-state index contributed by atoms with van der Waals surface area (Å²) in [7, 11) is 0. The fraction of sp³-hybridized carbons (Fsp3) is 0.310. The lowest BCUT2D eigenvalue weighted by Gasteiger charge is -2.27. The van der Waals surface area contributed by atoms with Gasteiger partial charge in [0, 0.05) is 60.8 Å². The van der Waals surface area contributed by atoms with E-state index >= 15 is 0 Å². The molecule has 40 heavy (non-hydrogen) atoms. The topological polar surface area (TPSA) is 92.7 Å². The molecule has 11 heteroatoms. The number of aromatic nitrogens is 3. The third-order valence-corrected chi connectivity index (χ3v) is 8.41. The van der Waals surface area contributed by atoms with Crippen LogP contribution in [0.15, 0.2) is 61.2 Å². The van der Waals surface area contributed by atoms with E-state index in [1.807, 2.05) is 41.3 Å². The fourth-order valence-electron chi connectivity index (χ4n) is 4.88. The smallest absolute Gasteiger partial charge is 0.246 e. The van der Waals surface area contributed by atoms with Gasteiger partial charge in [0.2, 0.25) is 5.91 Å². The zero-order valence-corrected chi connectivity index (χ0v) is 23.5. The van der Waals surface area contributed by atoms with Crippen molar-refractivity contribution in [2.45, 2.75) is 19.6 Å². The second-order valence-corrected chi connectivity index (χ2v) is 11.1. The second-order valence-electron chi connectivity index (χ2n) is 9.65. The molecule has 0 radical (unpaired) electrons. The van der Waals surface area contributed by atoms with Crippen LogP contribution in [0.3, 0.4) is 0 Å². The van der Waals surface area contributed by atoms with Gasteiger partial charge in [0.15, 0.2) is 0 Å². The van der Waals surface area contributed by atoms with Crippen molar-refractivity contribution in [3.8, 4) is 5.75 Å². The molecule has 0 aliphatic carbocycles. The van der Waals surface area contributed by atoms with Crippen LogP contribution in [0.1, 0.15) is 16.0 Å². The summed E-state index contributed by atoms with van der Waals surface area (Å²) >= 11 is 8.16. The maximum absolute atomic E-state index is 12.9. The van der Waals surface area contributed by atoms with Crippen LogP contribution in [-0.2, 0) is 29.1 Å². The first-order valence-corrected chi connectivity index (χ1v) is 14.4. The highest BCUT2D eigenvalue weighted by atomic mass is 35.5. The van der Waals surface area contributed by atoms with E-state index in [4.69, 9.17) is 21.1 Å². The predicted octanol–water partition coefficient (Wildman–Crippen LogP) is 4.84. The summed E-state index contributed by atoms with van der Waals surface area (Å²) in [4.78, 5) is 32.3. The van der Waals surface area contributed by atoms with E-state index in [0.29, 0.717) is 30.5 Å². The lowest BCUT2D eigenvalue weighted by Crippen LogP contribution is -2.37. The first kappa shape index (κ1) is 26.6. The molecule has 0 atom stereocenters. The predicted molar refractivity (Wildman–Crippen MR) is 156 cm³/mol. The average molecular weight is 577 g/mol. The molecule has 9 nitrogen and oxygen atoms in total. The Kier molecular flexibility index (Phi) is 8.19. The maximum atomic E-state index is 12.9. The van der Waals surface area contributed by atoms with E-state index in [1.54, 1.807) is 36.1 Å². The standard InChI is InChI=1S/C29H29ClN6O3S/c30-23-15-21(5-6-24(23)39-18-20-3-1-8-31-16-20)34-28-27-22-7-10-36(17-25(22)40-29(27)33-19-32-28)26(37)4-2-9-35-11-13-38-14-12-35/h1-6,8,15-16,19H,7,9-14,17-18H2,(H,32,33,34)/b4-2+. The number of nitrogens with zero attached hydrogens (tertiary/aromatic N) is 5. The van der Waals surface area contributed by atoms with Gasteiger partial charge >= 0.3 is 0 Å². The monoisotopic (exact) mass is 576 g/mol. The Hall–Kier alpha value is -3.57. The maximum Gasteiger partial charge on any atom is 0.246 e. The lowest BCUT2D eigenvalue weighted by atomic mass is 10.0. The number of benzene rings is 1. The molecule has 2 aliphatic rings. The van der Waals surface area contributed by atoms with Crippen LogP contribution < -0.4 is 10.1 Å². The van der Waals surface area contributed by atoms with Gasteiger partial charge in [-0.3, -0.25) is 14.7 Å². The van der Waals surface area contributed by atoms with Gasteiger partial charge in [-0.25, -0.2) is 9.97 Å². The van der Waals surface area contributed by atoms with Crippen molar-refractivity contribution in [1.82, 2.24) is 24.8 Å². The Morgan fingerprint density at radius 3 is 2.92 bits per heavy atom. The molecule has 6 rings (SSSR count). The number of ether oxygens (including phenoxy) is 2. The number of fused-ring (bicyclic) bond motifs is 3. The number of carbonyl (C=O) groups excluding carboxylic acids is 1. The molecular weight excluding hydrogens is 548 g/mol. The summed E-state index contributed by atoms with van der Waals surface area (Å²) in [5.74, 6) is 1.37. The van der Waals surface area contributed by atoms with Crippen molar-refractivity contribution in [3.63, 3.8) is 0 Å². The van der Waals surface area contributed by atoms with Crippen molar-refractivity contribution < 1.29 is 14.3 Å². The van der Waals surface area contributed by atoms with Crippen molar-refractivity contribution in [1.29, 1.82) is 0 Å². The molecule has 0 bridgehead atoms. The van der Waals surface area contributed by atoms with Crippen LogP contribution in [-0.4, -0.2) is 70.1 Å². The van der Waals surface area contributed by atoms with Crippen LogP contribution in [0.25, 0.3) is 10.2 Å². The number of morpholine rings is 1. The van der Waals surface area contributed by atoms with Crippen molar-refractivity contribution >= 4 is 50.6 Å². The first-order chi connectivity index (χ1) is 19.6. The van der Waals surface area contributed by atoms with E-state index in [1.165, 1.54) is 5.56 Å². The van der Waals surface area contributed by atoms with Gasteiger partial charge in [0.05, 0.1) is 30.2 Å². The number of rotatable bonds is 8. The summed E-state index contributed by atoms with van der Waals surface area (Å²) in [5, 5.41) is 4.93. The first-order valence-electron chi connectivity index (χ1n) is 13.2. The molecule has 206 valence electrons. The Morgan fingerprint density at radius 1 is 1.20 bits per heavy atom. The number of hydrogen-bond donors (Lipinski definition) is 1. The van der Waals surface area contributed by atoms with Gasteiger partial charge in [0.25, 0.3) is 0 Å². The molecule has 5 heterocycles. The zero-order chi connectivity index (χ0) is 27.3. The Labute approximate surface area is 241 Å². The zero-order valence-electron chi connectivity index (χ0n) is 21.9. The van der Waals surface area contributed by atoms with E-state index < -0.39 is 0 Å². The van der Waals surface area contributed by atoms with Gasteiger partial charge in [-0.2, -0.15) is 0 Å². The van der Waals surface area contributed by atoms with Gasteiger partial charge in [-0.05, 0) is 36.2 Å². The van der Waals surface area contributed by atoms with Gasteiger partial charge < -0.3 is 19.7 Å². The molecule has 2 aliphatic heterocycles. The van der Waals surface area contributed by atoms with Gasteiger partial charge in [-0.15, -0.1) is 11.3 Å². The van der Waals surface area contributed by atoms with E-state index in [9.17, 15) is 4.79 Å². The SMILES string of the molecule is O=C(/C=C/CN1CCOCC1)N1CCc2c(sc3ncnc(Nc4ccc(OCc5cccnc5)c(Cl)c4)c23)C1. The average Bonchev–Trinajstić information content (AvgIpc) is 3.37. The van der Waals surface area contributed by atoms with Gasteiger partial charge in [0.1, 0.15) is 29.3 Å². The Balaban J connectivity index is 1.13. The highest BCUT2D eigenvalue weighted by molar-refractivity contribution is 7.19. The molecule has 1 saturated heterocycles. The molecule has 3 aromatic heterocycles. The normalized spacial score (nSPS) is 15.9. The summed E-state index contributed by atoms with van der Waals surface area (Å²) in [5.41, 5.74) is 2.97. The number of hydrogen-bond acceptors (Lipinski definition) is 9. The molecule has 4 aromatic rings. The summed E-state index contributed by atoms with van der Waals surface area (Å²) in [6.07, 6.45) is 9.48. The quantitative estimate of drug-likeness (QED) is 0.298. The number of anilines is 2. The number of halogens is 1. The number of thiophene rings is 1. The Bertz CT molecular complexity index is 1520. The van der Waals surface area contributed by atoms with E-state index in [0.717, 1.165) is 71.4 Å². The highest BCUT2D eigenvalue weighted by Gasteiger charge is 2.25. The number of amides is 1. The minimum atomic E-state index is 0.0428.